The highest BCUT2D eigenvalue weighted by Gasteiger charge is 1.94. The van der Waals surface area contributed by atoms with E-state index >= 15 is 0 Å². The number of hydrogen-bond acceptors (Lipinski definition) is 1. The van der Waals surface area contributed by atoms with Crippen LogP contribution >= 0.6 is 0 Å². The quantitative estimate of drug-likeness (QED) is 0.381. The summed E-state index contributed by atoms with van der Waals surface area (Å²) in [5, 5.41) is 0. The van der Waals surface area contributed by atoms with Crippen molar-refractivity contribution in [2.24, 2.45) is 0 Å². The summed E-state index contributed by atoms with van der Waals surface area (Å²) in [5.74, 6) is 0. The fraction of sp³-hybridized carbons (Fsp3) is 0.0909. The first-order chi connectivity index (χ1) is 6.27. The molecule has 2 nitrogen and oxygen atoms in total. The summed E-state index contributed by atoms with van der Waals surface area (Å²) in [7, 11) is 0. The van der Waals surface area contributed by atoms with Gasteiger partial charge in [-0.1, -0.05) is 24.3 Å². The third-order valence-corrected chi connectivity index (χ3v) is 1.77. The highest BCUT2D eigenvalue weighted by Crippen LogP contribution is 2.17. The molecule has 13 heavy (non-hydrogen) atoms. The van der Waals surface area contributed by atoms with E-state index in [9.17, 15) is 4.79 Å². The van der Waals surface area contributed by atoms with Crippen molar-refractivity contribution < 1.29 is 4.79 Å². The summed E-state index contributed by atoms with van der Waals surface area (Å²) in [6.07, 6.45) is 2.27. The van der Waals surface area contributed by atoms with E-state index in [1.54, 1.807) is 12.1 Å². The van der Waals surface area contributed by atoms with Crippen LogP contribution in [0.2, 0.25) is 0 Å². The molecule has 1 aromatic carbocycles. The third kappa shape index (κ3) is 2.28. The van der Waals surface area contributed by atoms with Crippen molar-refractivity contribution in [1.29, 1.82) is 0 Å². The summed E-state index contributed by atoms with van der Waals surface area (Å²) in [6.45, 7) is 8.62. The third-order valence-electron chi connectivity index (χ3n) is 1.77. The molecule has 0 heterocycles. The lowest BCUT2D eigenvalue weighted by molar-refractivity contribution is -0.104. The molecule has 0 bridgehead atoms. The van der Waals surface area contributed by atoms with Crippen LogP contribution in [0.25, 0.3) is 10.4 Å². The zero-order valence-corrected chi connectivity index (χ0v) is 7.32. The van der Waals surface area contributed by atoms with Gasteiger partial charge >= 0.3 is 0 Å². The SMILES string of the molecule is [C-]#[N+]c1ccc(/C(C)=C/C=O)cc1. The van der Waals surface area contributed by atoms with Crippen molar-refractivity contribution in [1.82, 2.24) is 0 Å². The van der Waals surface area contributed by atoms with E-state index in [4.69, 9.17) is 6.57 Å². The summed E-state index contributed by atoms with van der Waals surface area (Å²) in [5.41, 5.74) is 2.49. The number of carbonyl (C=O) groups is 1. The molecule has 2 heteroatoms. The molecule has 0 saturated carbocycles. The Balaban J connectivity index is 3.00. The van der Waals surface area contributed by atoms with Crippen LogP contribution in [-0.4, -0.2) is 6.29 Å². The Hall–Kier alpha value is -1.88. The lowest BCUT2D eigenvalue weighted by Gasteiger charge is -1.98. The standard InChI is InChI=1S/C11H9NO/c1-9(7-8-13)10-3-5-11(12-2)6-4-10/h3-8H,1H3/b9-7+. The molecule has 0 fully saturated rings. The van der Waals surface area contributed by atoms with Crippen LogP contribution in [0.1, 0.15) is 12.5 Å². The molecule has 0 spiro atoms. The number of hydrogen-bond donors (Lipinski definition) is 0. The molecule has 0 aliphatic heterocycles. The minimum Gasteiger partial charge on any atom is -0.299 e. The zero-order valence-electron chi connectivity index (χ0n) is 7.32. The average Bonchev–Trinajstić information content (AvgIpc) is 2.18. The largest absolute Gasteiger partial charge is 0.299 e. The lowest BCUT2D eigenvalue weighted by Crippen LogP contribution is -1.78. The van der Waals surface area contributed by atoms with Crippen LogP contribution in [-0.2, 0) is 4.79 Å². The molecule has 1 aromatic rings. The number of nitrogens with zero attached hydrogens (tertiary/aromatic N) is 1. The van der Waals surface area contributed by atoms with Gasteiger partial charge in [-0.3, -0.25) is 4.79 Å². The van der Waals surface area contributed by atoms with Gasteiger partial charge in [-0.15, -0.1) is 0 Å². The Bertz CT molecular complexity index is 368. The van der Waals surface area contributed by atoms with Crippen molar-refractivity contribution >= 4 is 17.5 Å². The Labute approximate surface area is 77.3 Å². The number of benzene rings is 1. The molecule has 0 aromatic heterocycles. The van der Waals surface area contributed by atoms with E-state index < -0.39 is 0 Å². The summed E-state index contributed by atoms with van der Waals surface area (Å²) >= 11 is 0. The smallest absolute Gasteiger partial charge is 0.187 e. The molecule has 0 radical (unpaired) electrons. The molecule has 1 rings (SSSR count). The first-order valence-corrected chi connectivity index (χ1v) is 3.88. The molecule has 0 amide bonds. The molecule has 0 unspecified atom stereocenters. The maximum Gasteiger partial charge on any atom is 0.187 e. The van der Waals surface area contributed by atoms with Gasteiger partial charge in [0.15, 0.2) is 5.69 Å². The second-order valence-electron chi connectivity index (χ2n) is 2.64. The van der Waals surface area contributed by atoms with Crippen molar-refractivity contribution in [2.45, 2.75) is 6.92 Å². The predicted molar refractivity (Wildman–Crippen MR) is 52.4 cm³/mol. The summed E-state index contributed by atoms with van der Waals surface area (Å²) in [6, 6.07) is 7.15. The van der Waals surface area contributed by atoms with Gasteiger partial charge in [-0.2, -0.15) is 0 Å². The van der Waals surface area contributed by atoms with Gasteiger partial charge in [-0.05, 0) is 24.1 Å². The van der Waals surface area contributed by atoms with Crippen LogP contribution in [0.3, 0.4) is 0 Å². The topological polar surface area (TPSA) is 21.4 Å². The van der Waals surface area contributed by atoms with Crippen LogP contribution in [0.4, 0.5) is 5.69 Å². The second-order valence-corrected chi connectivity index (χ2v) is 2.64. The van der Waals surface area contributed by atoms with Crippen LogP contribution < -0.4 is 0 Å². The van der Waals surface area contributed by atoms with Gasteiger partial charge < -0.3 is 0 Å². The van der Waals surface area contributed by atoms with E-state index in [0.717, 1.165) is 17.4 Å². The summed E-state index contributed by atoms with van der Waals surface area (Å²) < 4.78 is 0. The molecule has 0 aliphatic rings. The van der Waals surface area contributed by atoms with Crippen molar-refractivity contribution in [3.63, 3.8) is 0 Å². The molecular formula is C11H9NO. The second kappa shape index (κ2) is 4.22. The van der Waals surface area contributed by atoms with Crippen LogP contribution in [0.15, 0.2) is 30.3 Å². The Morgan fingerprint density at radius 2 is 2.00 bits per heavy atom. The van der Waals surface area contributed by atoms with E-state index in [1.807, 2.05) is 19.1 Å². The Kier molecular flexibility index (Phi) is 2.99. The highest BCUT2D eigenvalue weighted by molar-refractivity contribution is 5.80. The first-order valence-electron chi connectivity index (χ1n) is 3.88. The van der Waals surface area contributed by atoms with Gasteiger partial charge in [0.25, 0.3) is 0 Å². The number of allylic oxidation sites excluding steroid dienone is 2. The lowest BCUT2D eigenvalue weighted by atomic mass is 10.1. The van der Waals surface area contributed by atoms with Gasteiger partial charge in [0.05, 0.1) is 6.57 Å². The molecule has 0 N–H and O–H groups in total. The molecule has 0 aliphatic carbocycles. The maximum absolute atomic E-state index is 10.2. The average molecular weight is 171 g/mol. The fourth-order valence-corrected chi connectivity index (χ4v) is 0.997. The zero-order chi connectivity index (χ0) is 9.68. The molecular weight excluding hydrogens is 162 g/mol. The molecule has 0 saturated heterocycles. The Morgan fingerprint density at radius 3 is 2.46 bits per heavy atom. The number of carbonyl (C=O) groups excluding carboxylic acids is 1. The molecule has 64 valence electrons. The minimum absolute atomic E-state index is 0.614. The van der Waals surface area contributed by atoms with Crippen LogP contribution in [0.5, 0.6) is 0 Å². The first kappa shape index (κ1) is 9.21. The van der Waals surface area contributed by atoms with E-state index in [1.165, 1.54) is 6.08 Å². The highest BCUT2D eigenvalue weighted by atomic mass is 16.1. The number of aldehydes is 1. The van der Waals surface area contributed by atoms with Crippen molar-refractivity contribution in [3.8, 4) is 0 Å². The van der Waals surface area contributed by atoms with E-state index in [-0.39, 0.29) is 0 Å². The Morgan fingerprint density at radius 1 is 1.38 bits per heavy atom. The van der Waals surface area contributed by atoms with E-state index in [2.05, 4.69) is 4.85 Å². The van der Waals surface area contributed by atoms with Crippen molar-refractivity contribution in [3.05, 3.63) is 47.3 Å². The van der Waals surface area contributed by atoms with Gasteiger partial charge in [-0.25, -0.2) is 4.85 Å². The predicted octanol–water partition coefficient (Wildman–Crippen LogP) is 2.84. The minimum atomic E-state index is 0.614. The van der Waals surface area contributed by atoms with Crippen molar-refractivity contribution in [2.75, 3.05) is 0 Å². The van der Waals surface area contributed by atoms with Gasteiger partial charge in [0.1, 0.15) is 6.29 Å². The monoisotopic (exact) mass is 171 g/mol. The molecule has 0 atom stereocenters. The van der Waals surface area contributed by atoms with Crippen LogP contribution in [0, 0.1) is 6.57 Å². The maximum atomic E-state index is 10.2. The normalized spacial score (nSPS) is 10.6. The van der Waals surface area contributed by atoms with Gasteiger partial charge in [0.2, 0.25) is 0 Å². The number of rotatable bonds is 2. The fourth-order valence-electron chi connectivity index (χ4n) is 0.997. The van der Waals surface area contributed by atoms with Gasteiger partial charge in [0, 0.05) is 0 Å². The summed E-state index contributed by atoms with van der Waals surface area (Å²) in [4.78, 5) is 13.5. The van der Waals surface area contributed by atoms with E-state index in [0.29, 0.717) is 5.69 Å².